The van der Waals surface area contributed by atoms with Crippen molar-refractivity contribution < 1.29 is 212 Å². The average Bonchev–Trinajstić information content (AvgIpc) is 3.23. The molecule has 2 amide bonds. The summed E-state index contributed by atoms with van der Waals surface area (Å²) in [7, 11) is 1.98. The van der Waals surface area contributed by atoms with Crippen LogP contribution in [0, 0.1) is 0 Å². The number of aromatic hydroxyl groups is 1. The summed E-state index contributed by atoms with van der Waals surface area (Å²) in [6.07, 6.45) is 3.43. The Morgan fingerprint density at radius 1 is 0.781 bits per heavy atom. The van der Waals surface area contributed by atoms with Crippen LogP contribution in [-0.2, 0) is 38.1 Å². The number of fused-ring (bicyclic) bond motifs is 2. The number of hydrogen-bond acceptors (Lipinski definition) is 23. The van der Waals surface area contributed by atoms with Crippen molar-refractivity contribution in [2.24, 2.45) is 0 Å². The van der Waals surface area contributed by atoms with E-state index in [4.69, 9.17) is 105 Å². The van der Waals surface area contributed by atoms with Crippen molar-refractivity contribution in [3.8, 4) is 17.2 Å². The molecule has 0 aromatic carbocycles. The van der Waals surface area contributed by atoms with Gasteiger partial charge in [0.15, 0.2) is 34.0 Å². The zero-order chi connectivity index (χ0) is 52.0. The number of nitrogens with one attached hydrogen (secondary N) is 3. The van der Waals surface area contributed by atoms with Gasteiger partial charge in [0.1, 0.15) is 41.0 Å². The Bertz CT molecular complexity index is 2180. The van der Waals surface area contributed by atoms with Crippen LogP contribution in [-0.4, -0.2) is 176 Å². The van der Waals surface area contributed by atoms with Gasteiger partial charge in [-0.25, -0.2) is 29.5 Å². The Balaban J connectivity index is 0.000000878. The first kappa shape index (κ1) is 71.0. The van der Waals surface area contributed by atoms with Crippen molar-refractivity contribution in [3.05, 3.63) is 39.6 Å². The number of hydrogen-bond donors (Lipinski definition) is 5. The monoisotopic (exact) mass is 1460 g/mol. The molecule has 9 heterocycles. The Kier molecular flexibility index (Phi) is 31.4. The number of likely N-dealkylation sites (N-methyl/N-ethyl adjacent to an activating group) is 1. The molecule has 0 saturated carbocycles. The van der Waals surface area contributed by atoms with E-state index < -0.39 is 22.8 Å². The minimum Gasteiger partial charge on any atom is -1.00 e. The second kappa shape index (κ2) is 32.3. The largest absolute Gasteiger partial charge is 1.00 e. The maximum absolute atomic E-state index is 11.4. The van der Waals surface area contributed by atoms with Crippen LogP contribution in [0.1, 0.15) is 50.4 Å². The molecule has 3 aromatic heterocycles. The fraction of sp³-hybridized carbons (Fsp3) is 0.634. The number of nitrogens with zero attached hydrogens (tertiary/aromatic N) is 7. The van der Waals surface area contributed by atoms with Gasteiger partial charge in [0, 0.05) is 11.5 Å². The first-order chi connectivity index (χ1) is 32.8. The number of amides is 2. The number of alkyl carbamates (subject to hydrolysis) is 2. The molecule has 4 saturated heterocycles. The summed E-state index contributed by atoms with van der Waals surface area (Å²) in [5.74, 6) is 2.55. The molecule has 6 aliphatic heterocycles. The second-order valence-corrected chi connectivity index (χ2v) is 20.2. The third-order valence-corrected chi connectivity index (χ3v) is 12.0. The van der Waals surface area contributed by atoms with Crippen molar-refractivity contribution in [3.63, 3.8) is 0 Å². The molecular formula is C41H59Cl4Cs2IN10O15. The average molecular weight is 1470 g/mol. The normalized spacial score (nSPS) is 17.7. The van der Waals surface area contributed by atoms with Gasteiger partial charge in [0.2, 0.25) is 15.9 Å². The molecule has 0 radical (unpaired) electrons. The van der Waals surface area contributed by atoms with Crippen LogP contribution in [0.5, 0.6) is 17.2 Å². The molecule has 0 unspecified atom stereocenters. The van der Waals surface area contributed by atoms with Crippen LogP contribution >= 0.6 is 69.0 Å². The SMILES string of the molecule is C.CC(C)(C)OC(=O)NC1(CI)COC1.CC(C)(C)OC(=O)NC1(CO)COC1.CN1c2nc(Cl)ncc2OCC12COC2.Clc1ncc2c(n1)NC1(COC1)CO2.O=CO[O-].Oc1cnc(Cl)nc1Cl.[Cs+].[Cs+].[H-]. The van der Waals surface area contributed by atoms with Crippen LogP contribution in [0.3, 0.4) is 0 Å². The molecular weight excluding hydrogens is 1410 g/mol. The maximum Gasteiger partial charge on any atom is 1.00 e. The third kappa shape index (κ3) is 22.6. The molecule has 400 valence electrons. The molecule has 25 nitrogen and oxygen atoms in total. The first-order valence-electron chi connectivity index (χ1n) is 20.8. The summed E-state index contributed by atoms with van der Waals surface area (Å²) in [5.41, 5.74) is -1.98. The van der Waals surface area contributed by atoms with E-state index in [0.29, 0.717) is 83.4 Å². The van der Waals surface area contributed by atoms with E-state index in [0.717, 1.165) is 16.4 Å². The fourth-order valence-electron chi connectivity index (χ4n) is 5.84. The molecule has 73 heavy (non-hydrogen) atoms. The number of ether oxygens (including phenoxy) is 8. The van der Waals surface area contributed by atoms with Crippen LogP contribution < -0.4 is 173 Å². The van der Waals surface area contributed by atoms with Crippen molar-refractivity contribution in [1.29, 1.82) is 0 Å². The fourth-order valence-corrected chi connectivity index (χ4v) is 7.04. The second-order valence-electron chi connectivity index (χ2n) is 18.0. The number of carbonyl (C=O) groups is 3. The van der Waals surface area contributed by atoms with Crippen LogP contribution in [0.15, 0.2) is 18.6 Å². The summed E-state index contributed by atoms with van der Waals surface area (Å²) in [6, 6.07) is 0. The van der Waals surface area contributed by atoms with Crippen molar-refractivity contribution in [2.45, 2.75) is 82.3 Å². The smallest absolute Gasteiger partial charge is 1.00 e. The standard InChI is InChI=1S/C9H10ClN3O2.C9H16INO3.C9H17NO4.C8H8ClN3O2.C4H2Cl2N2O.CH2O3.CH4.2Cs.H/c1-13-7-6(2-11-8(10)12-7)15-5-9(13)3-14-4-9;1-8(2,3)14-7(12)11-9(4-10)5-13-6-9;1-8(2,3)14-7(12)10-9(4-11)5-13-6-9;9-7-10-1-5-6(11-7)12-8(4-14-5)2-13-3-8;5-3-2(9)1-7-4(6)8-3;2-1-4-3;;;;/h2H,3-5H2,1H3;4-6H2,1-3H3,(H,11,12);11H,4-6H2,1-3H3,(H,10,12);1H,2-4H2,(H,10,11,12);1,9H;1,3H;1H4;;;/q;;;;;;;2*+1;-1/p-1. The minimum absolute atomic E-state index is 0. The van der Waals surface area contributed by atoms with E-state index in [1.165, 1.54) is 0 Å². The van der Waals surface area contributed by atoms with Gasteiger partial charge in [0.05, 0.1) is 83.6 Å². The Morgan fingerprint density at radius 2 is 1.23 bits per heavy atom. The third-order valence-electron chi connectivity index (χ3n) is 9.68. The van der Waals surface area contributed by atoms with E-state index in [2.05, 4.69) is 78.2 Å². The van der Waals surface area contributed by atoms with Gasteiger partial charge in [-0.2, -0.15) is 9.97 Å². The van der Waals surface area contributed by atoms with E-state index in [-0.39, 0.29) is 209 Å². The van der Waals surface area contributed by atoms with Gasteiger partial charge >= 0.3 is 150 Å². The topological polar surface area (TPSA) is 314 Å². The number of aliphatic hydroxyl groups is 1. The molecule has 0 aliphatic carbocycles. The zero-order valence-electron chi connectivity index (χ0n) is 42.0. The summed E-state index contributed by atoms with van der Waals surface area (Å²) < 4.78 is 42.6. The zero-order valence-corrected chi connectivity index (χ0v) is 58.8. The van der Waals surface area contributed by atoms with Crippen molar-refractivity contribution >= 4 is 99.3 Å². The number of aliphatic hydroxyl groups excluding tert-OH is 1. The molecule has 32 heteroatoms. The van der Waals surface area contributed by atoms with Crippen molar-refractivity contribution in [2.75, 3.05) is 94.4 Å². The van der Waals surface area contributed by atoms with Gasteiger partial charge in [0.25, 0.3) is 6.47 Å². The van der Waals surface area contributed by atoms with E-state index in [9.17, 15) is 9.59 Å². The molecule has 4 fully saturated rings. The number of carbonyl (C=O) groups excluding carboxylic acids is 3. The molecule has 9 rings (SSSR count). The molecule has 3 aromatic rings. The van der Waals surface area contributed by atoms with Crippen molar-refractivity contribution in [1.82, 2.24) is 40.5 Å². The van der Waals surface area contributed by atoms with Gasteiger partial charge in [-0.1, -0.05) is 41.6 Å². The summed E-state index contributed by atoms with van der Waals surface area (Å²) in [4.78, 5) is 58.9. The van der Waals surface area contributed by atoms with E-state index in [1.54, 1.807) is 33.2 Å². The Labute approximate surface area is 575 Å². The Hall–Kier alpha value is 0.00390. The molecule has 5 N–H and O–H groups in total. The first-order valence-corrected chi connectivity index (χ1v) is 23.8. The summed E-state index contributed by atoms with van der Waals surface area (Å²) in [6.45, 7) is 16.3. The summed E-state index contributed by atoms with van der Waals surface area (Å²) in [5, 5.41) is 35.3. The molecule has 6 aliphatic rings. The van der Waals surface area contributed by atoms with Crippen LogP contribution in [0.2, 0.25) is 21.0 Å². The predicted octanol–water partition coefficient (Wildman–Crippen LogP) is -1.90. The quantitative estimate of drug-likeness (QED) is 0.0354. The number of alkyl halides is 1. The number of anilines is 2. The number of rotatable bonds is 5. The van der Waals surface area contributed by atoms with Gasteiger partial charge in [-0.05, 0) is 76.3 Å². The molecule has 0 atom stereocenters. The van der Waals surface area contributed by atoms with Gasteiger partial charge < -0.3 is 80.5 Å². The molecule has 0 bridgehead atoms. The van der Waals surface area contributed by atoms with Gasteiger partial charge in [-0.15, -0.1) is 0 Å². The maximum atomic E-state index is 11.4. The number of aromatic nitrogens is 6. The number of halogens is 5. The molecule has 2 spiro atoms. The minimum atomic E-state index is -0.637. The van der Waals surface area contributed by atoms with Gasteiger partial charge in [-0.3, -0.25) is 4.79 Å². The van der Waals surface area contributed by atoms with Crippen LogP contribution in [0.4, 0.5) is 21.2 Å². The Morgan fingerprint density at radius 3 is 1.63 bits per heavy atom. The van der Waals surface area contributed by atoms with Crippen LogP contribution in [0.25, 0.3) is 0 Å². The summed E-state index contributed by atoms with van der Waals surface area (Å²) >= 11 is 24.3. The predicted molar refractivity (Wildman–Crippen MR) is 265 cm³/mol. The van der Waals surface area contributed by atoms with E-state index in [1.807, 2.05) is 27.8 Å². The van der Waals surface area contributed by atoms with E-state index >= 15 is 0 Å².